The molecule has 1 aromatic carbocycles. The number of halogens is 1. The van der Waals surface area contributed by atoms with Crippen molar-refractivity contribution in [2.45, 2.75) is 45.2 Å². The van der Waals surface area contributed by atoms with Gasteiger partial charge in [0.2, 0.25) is 0 Å². The van der Waals surface area contributed by atoms with Gasteiger partial charge in [0.15, 0.2) is 0 Å². The maximum Gasteiger partial charge on any atom is 0.254 e. The molecular formula is C15H20BrNO2. The maximum atomic E-state index is 12.6. The molecule has 0 radical (unpaired) electrons. The van der Waals surface area contributed by atoms with E-state index in [2.05, 4.69) is 29.8 Å². The van der Waals surface area contributed by atoms with Gasteiger partial charge in [0.1, 0.15) is 5.75 Å². The summed E-state index contributed by atoms with van der Waals surface area (Å²) in [6, 6.07) is 6.14. The van der Waals surface area contributed by atoms with Crippen molar-refractivity contribution in [2.24, 2.45) is 0 Å². The highest BCUT2D eigenvalue weighted by Crippen LogP contribution is 2.29. The second-order valence-electron chi connectivity index (χ2n) is 5.19. The smallest absolute Gasteiger partial charge is 0.254 e. The topological polar surface area (TPSA) is 29.5 Å². The van der Waals surface area contributed by atoms with Gasteiger partial charge in [-0.1, -0.05) is 0 Å². The van der Waals surface area contributed by atoms with E-state index in [0.29, 0.717) is 17.6 Å². The van der Waals surface area contributed by atoms with Gasteiger partial charge in [-0.25, -0.2) is 0 Å². The summed E-state index contributed by atoms with van der Waals surface area (Å²) in [5, 5.41) is 0. The Balaban J connectivity index is 2.25. The number of rotatable bonds is 2. The van der Waals surface area contributed by atoms with Gasteiger partial charge in [0, 0.05) is 17.6 Å². The minimum Gasteiger partial charge on any atom is -0.496 e. The molecule has 1 heterocycles. The van der Waals surface area contributed by atoms with Gasteiger partial charge in [-0.3, -0.25) is 4.79 Å². The lowest BCUT2D eigenvalue weighted by molar-refractivity contribution is 0.0510. The van der Waals surface area contributed by atoms with Crippen LogP contribution in [-0.2, 0) is 0 Å². The second-order valence-corrected chi connectivity index (χ2v) is 6.05. The Labute approximate surface area is 123 Å². The van der Waals surface area contributed by atoms with E-state index in [4.69, 9.17) is 4.74 Å². The molecule has 0 saturated carbocycles. The zero-order valence-corrected chi connectivity index (χ0v) is 13.2. The van der Waals surface area contributed by atoms with E-state index in [0.717, 1.165) is 23.1 Å². The molecule has 19 heavy (non-hydrogen) atoms. The molecule has 0 spiro atoms. The Morgan fingerprint density at radius 1 is 1.32 bits per heavy atom. The Bertz CT molecular complexity index is 465. The summed E-state index contributed by atoms with van der Waals surface area (Å²) in [5.41, 5.74) is 0.716. The highest BCUT2D eigenvalue weighted by Gasteiger charge is 2.29. The zero-order valence-electron chi connectivity index (χ0n) is 11.6. The lowest BCUT2D eigenvalue weighted by Gasteiger charge is -2.39. The van der Waals surface area contributed by atoms with Crippen LogP contribution in [0.15, 0.2) is 22.7 Å². The van der Waals surface area contributed by atoms with Crippen molar-refractivity contribution < 1.29 is 9.53 Å². The molecule has 1 aromatic rings. The van der Waals surface area contributed by atoms with Crippen molar-refractivity contribution in [1.82, 2.24) is 4.90 Å². The maximum absolute atomic E-state index is 12.6. The summed E-state index contributed by atoms with van der Waals surface area (Å²) in [5.74, 6) is 0.861. The van der Waals surface area contributed by atoms with Crippen LogP contribution < -0.4 is 4.74 Å². The number of likely N-dealkylation sites (tertiary alicyclic amines) is 1. The van der Waals surface area contributed by atoms with Crippen LogP contribution in [0, 0.1) is 0 Å². The molecule has 0 N–H and O–H groups in total. The van der Waals surface area contributed by atoms with Crippen molar-refractivity contribution in [2.75, 3.05) is 7.11 Å². The first-order valence-corrected chi connectivity index (χ1v) is 7.50. The average Bonchev–Trinajstić information content (AvgIpc) is 2.38. The molecule has 0 bridgehead atoms. The quantitative estimate of drug-likeness (QED) is 0.826. The largest absolute Gasteiger partial charge is 0.496 e. The molecule has 104 valence electrons. The zero-order chi connectivity index (χ0) is 14.0. The number of methoxy groups -OCH3 is 1. The van der Waals surface area contributed by atoms with E-state index in [1.54, 1.807) is 7.11 Å². The number of carbonyl (C=O) groups excluding carboxylic acids is 1. The molecule has 2 atom stereocenters. The molecule has 0 aliphatic carbocycles. The number of carbonyl (C=O) groups is 1. The van der Waals surface area contributed by atoms with Crippen molar-refractivity contribution >= 4 is 21.8 Å². The van der Waals surface area contributed by atoms with Gasteiger partial charge < -0.3 is 9.64 Å². The van der Waals surface area contributed by atoms with Crippen molar-refractivity contribution in [3.63, 3.8) is 0 Å². The summed E-state index contributed by atoms with van der Waals surface area (Å²) < 4.78 is 6.01. The van der Waals surface area contributed by atoms with E-state index in [1.165, 1.54) is 6.42 Å². The van der Waals surface area contributed by atoms with Crippen molar-refractivity contribution in [1.29, 1.82) is 0 Å². The van der Waals surface area contributed by atoms with Gasteiger partial charge in [-0.2, -0.15) is 0 Å². The number of hydrogen-bond donors (Lipinski definition) is 0. The third kappa shape index (κ3) is 2.94. The third-order valence-corrected chi connectivity index (χ3v) is 4.45. The Hall–Kier alpha value is -1.03. The molecular weight excluding hydrogens is 306 g/mol. The van der Waals surface area contributed by atoms with Crippen LogP contribution in [0.5, 0.6) is 5.75 Å². The summed E-state index contributed by atoms with van der Waals surface area (Å²) in [6.45, 7) is 4.26. The SMILES string of the molecule is COc1ccc(C(=O)N2[C@H](C)CCC[C@@H]2C)cc1Br. The standard InChI is InChI=1S/C15H20BrNO2/c1-10-5-4-6-11(2)17(10)15(18)12-7-8-14(19-3)13(16)9-12/h7-11H,4-6H2,1-3H3/t10-,11+. The van der Waals surface area contributed by atoms with Gasteiger partial charge in [0.05, 0.1) is 11.6 Å². The first-order chi connectivity index (χ1) is 9.04. The number of piperidine rings is 1. The summed E-state index contributed by atoms with van der Waals surface area (Å²) in [4.78, 5) is 14.6. The minimum absolute atomic E-state index is 0.114. The molecule has 2 rings (SSSR count). The Morgan fingerprint density at radius 3 is 2.47 bits per heavy atom. The van der Waals surface area contributed by atoms with Crippen LogP contribution in [-0.4, -0.2) is 30.0 Å². The van der Waals surface area contributed by atoms with Crippen LogP contribution in [0.2, 0.25) is 0 Å². The number of ether oxygens (including phenoxy) is 1. The van der Waals surface area contributed by atoms with Crippen LogP contribution >= 0.6 is 15.9 Å². The number of benzene rings is 1. The van der Waals surface area contributed by atoms with E-state index in [9.17, 15) is 4.79 Å². The number of amides is 1. The van der Waals surface area contributed by atoms with Crippen LogP contribution in [0.25, 0.3) is 0 Å². The Kier molecular flexibility index (Phi) is 4.50. The second kappa shape index (κ2) is 5.95. The molecule has 1 aliphatic heterocycles. The molecule has 1 saturated heterocycles. The lowest BCUT2D eigenvalue weighted by atomic mass is 9.96. The first-order valence-electron chi connectivity index (χ1n) is 6.70. The molecule has 1 aliphatic rings. The average molecular weight is 326 g/mol. The fourth-order valence-electron chi connectivity index (χ4n) is 2.77. The molecule has 4 heteroatoms. The summed E-state index contributed by atoms with van der Waals surface area (Å²) in [6.07, 6.45) is 3.39. The lowest BCUT2D eigenvalue weighted by Crippen LogP contribution is -2.47. The molecule has 0 unspecified atom stereocenters. The molecule has 3 nitrogen and oxygen atoms in total. The fraction of sp³-hybridized carbons (Fsp3) is 0.533. The van der Waals surface area contributed by atoms with Crippen molar-refractivity contribution in [3.8, 4) is 5.75 Å². The monoisotopic (exact) mass is 325 g/mol. The highest BCUT2D eigenvalue weighted by molar-refractivity contribution is 9.10. The van der Waals surface area contributed by atoms with Gasteiger partial charge >= 0.3 is 0 Å². The van der Waals surface area contributed by atoms with E-state index in [-0.39, 0.29) is 5.91 Å². The van der Waals surface area contributed by atoms with E-state index in [1.807, 2.05) is 23.1 Å². The number of nitrogens with zero attached hydrogens (tertiary/aromatic N) is 1. The molecule has 1 fully saturated rings. The van der Waals surface area contributed by atoms with Gasteiger partial charge in [-0.15, -0.1) is 0 Å². The predicted molar refractivity (Wildman–Crippen MR) is 79.6 cm³/mol. The highest BCUT2D eigenvalue weighted by atomic mass is 79.9. The normalized spacial score (nSPS) is 23.3. The third-order valence-electron chi connectivity index (χ3n) is 3.83. The fourth-order valence-corrected chi connectivity index (χ4v) is 3.31. The predicted octanol–water partition coefficient (Wildman–Crippen LogP) is 3.86. The van der Waals surface area contributed by atoms with Crippen LogP contribution in [0.4, 0.5) is 0 Å². The summed E-state index contributed by atoms with van der Waals surface area (Å²) in [7, 11) is 1.62. The van der Waals surface area contributed by atoms with Gasteiger partial charge in [0.25, 0.3) is 5.91 Å². The van der Waals surface area contributed by atoms with E-state index < -0.39 is 0 Å². The minimum atomic E-state index is 0.114. The number of hydrogen-bond acceptors (Lipinski definition) is 2. The van der Waals surface area contributed by atoms with E-state index >= 15 is 0 Å². The Morgan fingerprint density at radius 2 is 1.95 bits per heavy atom. The van der Waals surface area contributed by atoms with Crippen LogP contribution in [0.1, 0.15) is 43.5 Å². The first kappa shape index (κ1) is 14.4. The molecule has 0 aromatic heterocycles. The summed E-state index contributed by atoms with van der Waals surface area (Å²) >= 11 is 3.43. The van der Waals surface area contributed by atoms with Crippen LogP contribution in [0.3, 0.4) is 0 Å². The van der Waals surface area contributed by atoms with Crippen molar-refractivity contribution in [3.05, 3.63) is 28.2 Å². The van der Waals surface area contributed by atoms with Gasteiger partial charge in [-0.05, 0) is 67.2 Å². The molecule has 1 amide bonds.